The van der Waals surface area contributed by atoms with Crippen molar-refractivity contribution in [1.82, 2.24) is 15.5 Å². The molecule has 1 atom stereocenters. The molecule has 1 heterocycles. The Balaban J connectivity index is 1.62. The van der Waals surface area contributed by atoms with E-state index >= 15 is 0 Å². The third-order valence-corrected chi connectivity index (χ3v) is 5.48. The lowest BCUT2D eigenvalue weighted by molar-refractivity contribution is -0.119. The molecule has 0 saturated carbocycles. The molecule has 2 aromatic rings. The molecule has 0 fully saturated rings. The number of hydrogen-bond donors (Lipinski definition) is 1. The van der Waals surface area contributed by atoms with Crippen LogP contribution in [0.4, 0.5) is 0 Å². The van der Waals surface area contributed by atoms with Gasteiger partial charge in [-0.1, -0.05) is 53.8 Å². The van der Waals surface area contributed by atoms with Crippen LogP contribution in [0.15, 0.2) is 34.1 Å². The molecule has 1 aliphatic rings. The summed E-state index contributed by atoms with van der Waals surface area (Å²) in [6.45, 7) is 0. The number of carbonyl (C=O) groups is 1. The van der Waals surface area contributed by atoms with Crippen molar-refractivity contribution in [1.29, 1.82) is 0 Å². The number of nitrogens with zero attached hydrogens (tertiary/aromatic N) is 2. The maximum atomic E-state index is 12.2. The van der Waals surface area contributed by atoms with E-state index in [-0.39, 0.29) is 11.9 Å². The molecule has 0 saturated heterocycles. The van der Waals surface area contributed by atoms with Crippen LogP contribution in [0.1, 0.15) is 36.4 Å². The van der Waals surface area contributed by atoms with Gasteiger partial charge in [-0.3, -0.25) is 4.79 Å². The Morgan fingerprint density at radius 2 is 2.29 bits per heavy atom. The fourth-order valence-electron chi connectivity index (χ4n) is 2.66. The van der Waals surface area contributed by atoms with Crippen molar-refractivity contribution >= 4 is 29.0 Å². The monoisotopic (exact) mass is 319 g/mol. The second-order valence-electron chi connectivity index (χ2n) is 5.06. The summed E-state index contributed by atoms with van der Waals surface area (Å²) in [6, 6.07) is 8.60. The van der Waals surface area contributed by atoms with Gasteiger partial charge in [0.1, 0.15) is 5.51 Å². The van der Waals surface area contributed by atoms with Crippen LogP contribution in [0.25, 0.3) is 0 Å². The van der Waals surface area contributed by atoms with Crippen molar-refractivity contribution in [2.45, 2.75) is 36.1 Å². The van der Waals surface area contributed by atoms with Gasteiger partial charge in [-0.2, -0.15) is 0 Å². The van der Waals surface area contributed by atoms with E-state index in [1.54, 1.807) is 5.51 Å². The smallest absolute Gasteiger partial charge is 0.230 e. The zero-order valence-corrected chi connectivity index (χ0v) is 13.3. The number of carbonyl (C=O) groups excluding carboxylic acids is 1. The van der Waals surface area contributed by atoms with Crippen LogP contribution in [-0.4, -0.2) is 21.9 Å². The summed E-state index contributed by atoms with van der Waals surface area (Å²) in [4.78, 5) is 12.2. The first kappa shape index (κ1) is 14.5. The highest BCUT2D eigenvalue weighted by Crippen LogP contribution is 2.28. The van der Waals surface area contributed by atoms with Crippen LogP contribution in [-0.2, 0) is 11.2 Å². The van der Waals surface area contributed by atoms with Crippen LogP contribution < -0.4 is 5.32 Å². The minimum absolute atomic E-state index is 0.0666. The number of aromatic nitrogens is 2. The molecular formula is C15H17N3OS2. The summed E-state index contributed by atoms with van der Waals surface area (Å²) < 4.78 is 0.839. The molecule has 4 nitrogen and oxygen atoms in total. The average Bonchev–Trinajstić information content (AvgIpc) is 2.94. The Hall–Kier alpha value is -1.40. The van der Waals surface area contributed by atoms with Crippen LogP contribution in [0.3, 0.4) is 0 Å². The third kappa shape index (κ3) is 3.83. The second-order valence-corrected chi connectivity index (χ2v) is 7.11. The highest BCUT2D eigenvalue weighted by molar-refractivity contribution is 8.01. The quantitative estimate of drug-likeness (QED) is 0.694. The summed E-state index contributed by atoms with van der Waals surface area (Å²) in [6.07, 6.45) is 4.49. The minimum Gasteiger partial charge on any atom is -0.349 e. The maximum Gasteiger partial charge on any atom is 0.230 e. The lowest BCUT2D eigenvalue weighted by Gasteiger charge is -2.19. The number of rotatable bonds is 4. The molecule has 0 unspecified atom stereocenters. The van der Waals surface area contributed by atoms with Crippen molar-refractivity contribution in [2.24, 2.45) is 0 Å². The van der Waals surface area contributed by atoms with Gasteiger partial charge < -0.3 is 5.32 Å². The van der Waals surface area contributed by atoms with E-state index in [0.717, 1.165) is 23.6 Å². The first-order valence-corrected chi connectivity index (χ1v) is 8.95. The molecule has 0 spiro atoms. The normalized spacial score (nSPS) is 17.8. The SMILES string of the molecule is O=C(CSc1nncs1)N[C@@H]1CCCCc2ccccc21. The molecule has 0 radical (unpaired) electrons. The number of hydrogen-bond acceptors (Lipinski definition) is 5. The largest absolute Gasteiger partial charge is 0.349 e. The maximum absolute atomic E-state index is 12.2. The number of nitrogens with one attached hydrogen (secondary N) is 1. The second kappa shape index (κ2) is 7.04. The number of aryl methyl sites for hydroxylation is 1. The molecule has 6 heteroatoms. The lowest BCUT2D eigenvalue weighted by atomic mass is 9.99. The standard InChI is InChI=1S/C15H17N3OS2/c19-14(9-20-15-18-16-10-21-15)17-13-8-4-2-6-11-5-1-3-7-12(11)13/h1,3,5,7,10,13H,2,4,6,8-9H2,(H,17,19)/t13-/m1/s1. The van der Waals surface area contributed by atoms with Crippen LogP contribution >= 0.6 is 23.1 Å². The van der Waals surface area contributed by atoms with Gasteiger partial charge in [-0.25, -0.2) is 0 Å². The Morgan fingerprint density at radius 1 is 1.38 bits per heavy atom. The van der Waals surface area contributed by atoms with E-state index in [4.69, 9.17) is 0 Å². The van der Waals surface area contributed by atoms with Crippen molar-refractivity contribution in [3.05, 3.63) is 40.9 Å². The highest BCUT2D eigenvalue weighted by atomic mass is 32.2. The summed E-state index contributed by atoms with van der Waals surface area (Å²) in [5, 5.41) is 10.9. The first-order valence-electron chi connectivity index (χ1n) is 7.09. The molecule has 3 rings (SSSR count). The molecule has 1 N–H and O–H groups in total. The number of fused-ring (bicyclic) bond motifs is 1. The first-order chi connectivity index (χ1) is 10.3. The van der Waals surface area contributed by atoms with Gasteiger partial charge in [0, 0.05) is 0 Å². The molecule has 1 aromatic carbocycles. The van der Waals surface area contributed by atoms with Gasteiger partial charge >= 0.3 is 0 Å². The fourth-order valence-corrected chi connectivity index (χ4v) is 3.96. The predicted molar refractivity (Wildman–Crippen MR) is 85.5 cm³/mol. The van der Waals surface area contributed by atoms with Gasteiger partial charge in [0.25, 0.3) is 0 Å². The Kier molecular flexibility index (Phi) is 4.87. The van der Waals surface area contributed by atoms with E-state index < -0.39 is 0 Å². The molecule has 0 bridgehead atoms. The Labute approximate surface area is 132 Å². The van der Waals surface area contributed by atoms with Crippen molar-refractivity contribution in [2.75, 3.05) is 5.75 Å². The van der Waals surface area contributed by atoms with E-state index in [9.17, 15) is 4.79 Å². The molecule has 1 aromatic heterocycles. The lowest BCUT2D eigenvalue weighted by Crippen LogP contribution is -2.30. The van der Waals surface area contributed by atoms with Crippen LogP contribution in [0.2, 0.25) is 0 Å². The predicted octanol–water partition coefficient (Wildman–Crippen LogP) is 3.21. The topological polar surface area (TPSA) is 54.9 Å². The Morgan fingerprint density at radius 3 is 3.14 bits per heavy atom. The van der Waals surface area contributed by atoms with Crippen molar-refractivity contribution in [3.63, 3.8) is 0 Å². The van der Waals surface area contributed by atoms with Crippen molar-refractivity contribution in [3.8, 4) is 0 Å². The van der Waals surface area contributed by atoms with Crippen molar-refractivity contribution < 1.29 is 4.79 Å². The third-order valence-electron chi connectivity index (χ3n) is 3.62. The summed E-state index contributed by atoms with van der Waals surface area (Å²) in [5.74, 6) is 0.463. The average molecular weight is 319 g/mol. The summed E-state index contributed by atoms with van der Waals surface area (Å²) in [7, 11) is 0. The molecular weight excluding hydrogens is 302 g/mol. The summed E-state index contributed by atoms with van der Waals surface area (Å²) in [5.41, 5.74) is 4.34. The zero-order chi connectivity index (χ0) is 14.5. The van der Waals surface area contributed by atoms with Crippen LogP contribution in [0, 0.1) is 0 Å². The van der Waals surface area contributed by atoms with Gasteiger partial charge in [0.05, 0.1) is 11.8 Å². The Bertz CT molecular complexity index is 601. The van der Waals surface area contributed by atoms with Gasteiger partial charge in [0.15, 0.2) is 4.34 Å². The van der Waals surface area contributed by atoms with E-state index in [1.165, 1.54) is 40.6 Å². The molecule has 21 heavy (non-hydrogen) atoms. The summed E-state index contributed by atoms with van der Waals surface area (Å²) >= 11 is 2.91. The zero-order valence-electron chi connectivity index (χ0n) is 11.6. The van der Waals surface area contributed by atoms with E-state index in [2.05, 4.69) is 39.8 Å². The number of amides is 1. The molecule has 110 valence electrons. The minimum atomic E-state index is 0.0666. The fraction of sp³-hybridized carbons (Fsp3) is 0.400. The van der Waals surface area contributed by atoms with Crippen LogP contribution in [0.5, 0.6) is 0 Å². The van der Waals surface area contributed by atoms with E-state index in [0.29, 0.717) is 5.75 Å². The van der Waals surface area contributed by atoms with Gasteiger partial charge in [-0.15, -0.1) is 10.2 Å². The number of benzene rings is 1. The highest BCUT2D eigenvalue weighted by Gasteiger charge is 2.20. The van der Waals surface area contributed by atoms with Gasteiger partial charge in [0.2, 0.25) is 5.91 Å². The number of thioether (sulfide) groups is 1. The molecule has 0 aliphatic heterocycles. The molecule has 1 aliphatic carbocycles. The molecule has 1 amide bonds. The van der Waals surface area contributed by atoms with E-state index in [1.807, 2.05) is 0 Å². The van der Waals surface area contributed by atoms with Gasteiger partial charge in [-0.05, 0) is 30.4 Å².